The second-order valence-corrected chi connectivity index (χ2v) is 5.53. The number of rotatable bonds is 1. The number of nitrogens with zero attached hydrogens (tertiary/aromatic N) is 1. The summed E-state index contributed by atoms with van der Waals surface area (Å²) in [4.78, 5) is 14.6. The first-order chi connectivity index (χ1) is 9.61. The summed E-state index contributed by atoms with van der Waals surface area (Å²) in [6.07, 6.45) is 2.17. The lowest BCUT2D eigenvalue weighted by Crippen LogP contribution is -2.38. The summed E-state index contributed by atoms with van der Waals surface area (Å²) in [5.41, 5.74) is 7.99. The van der Waals surface area contributed by atoms with Crippen LogP contribution in [0.2, 0.25) is 0 Å². The molecule has 1 saturated heterocycles. The third-order valence-electron chi connectivity index (χ3n) is 3.80. The van der Waals surface area contributed by atoms with Gasteiger partial charge in [0.05, 0.1) is 12.1 Å². The first-order valence-corrected chi connectivity index (χ1v) is 7.20. The van der Waals surface area contributed by atoms with E-state index in [0.29, 0.717) is 18.0 Å². The molecule has 1 fully saturated rings. The maximum atomic E-state index is 12.7. The number of aryl methyl sites for hydroxylation is 1. The Morgan fingerprint density at radius 2 is 2.10 bits per heavy atom. The molecule has 0 radical (unpaired) electrons. The summed E-state index contributed by atoms with van der Waals surface area (Å²) in [6.45, 7) is 6.24. The maximum Gasteiger partial charge on any atom is 0.255 e. The van der Waals surface area contributed by atoms with E-state index in [0.717, 1.165) is 37.1 Å². The lowest BCUT2D eigenvalue weighted by atomic mass is 9.97. The van der Waals surface area contributed by atoms with E-state index in [4.69, 9.17) is 5.73 Å². The zero-order chi connectivity index (χ0) is 14.5. The molecule has 1 amide bonds. The highest BCUT2D eigenvalue weighted by molar-refractivity contribution is 5.97. The molecule has 1 heterocycles. The van der Waals surface area contributed by atoms with Gasteiger partial charge < -0.3 is 10.6 Å². The van der Waals surface area contributed by atoms with Gasteiger partial charge in [-0.2, -0.15) is 0 Å². The average Bonchev–Trinajstić information content (AvgIpc) is 2.46. The molecule has 0 aliphatic carbocycles. The largest absolute Gasteiger partial charge is 0.339 e. The van der Waals surface area contributed by atoms with Gasteiger partial charge in [0.1, 0.15) is 0 Å². The molecule has 1 aliphatic heterocycles. The van der Waals surface area contributed by atoms with Gasteiger partial charge in [0.2, 0.25) is 0 Å². The van der Waals surface area contributed by atoms with E-state index in [-0.39, 0.29) is 5.91 Å². The summed E-state index contributed by atoms with van der Waals surface area (Å²) in [5, 5.41) is 0. The van der Waals surface area contributed by atoms with Crippen molar-refractivity contribution in [3.8, 4) is 11.8 Å². The minimum absolute atomic E-state index is 0.0990. The Balaban J connectivity index is 2.26. The Labute approximate surface area is 121 Å². The molecule has 20 heavy (non-hydrogen) atoms. The van der Waals surface area contributed by atoms with Crippen LogP contribution in [0.5, 0.6) is 0 Å². The third-order valence-corrected chi connectivity index (χ3v) is 3.80. The van der Waals surface area contributed by atoms with Crippen LogP contribution >= 0.6 is 0 Å². The van der Waals surface area contributed by atoms with E-state index in [1.165, 1.54) is 0 Å². The predicted octanol–water partition coefficient (Wildman–Crippen LogP) is 2.18. The molecule has 0 saturated carbocycles. The number of amides is 1. The summed E-state index contributed by atoms with van der Waals surface area (Å²) in [5.74, 6) is 6.66. The van der Waals surface area contributed by atoms with Gasteiger partial charge in [-0.1, -0.05) is 30.4 Å². The molecule has 3 nitrogen and oxygen atoms in total. The van der Waals surface area contributed by atoms with Crippen LogP contribution in [0.1, 0.15) is 41.3 Å². The third kappa shape index (κ3) is 3.40. The molecule has 0 aromatic heterocycles. The molecule has 1 aliphatic rings. The smallest absolute Gasteiger partial charge is 0.255 e. The van der Waals surface area contributed by atoms with Gasteiger partial charge in [-0.25, -0.2) is 0 Å². The van der Waals surface area contributed by atoms with Crippen molar-refractivity contribution in [3.63, 3.8) is 0 Å². The maximum absolute atomic E-state index is 12.7. The zero-order valence-corrected chi connectivity index (χ0v) is 12.3. The number of piperidine rings is 1. The molecule has 0 bridgehead atoms. The molecule has 1 aromatic carbocycles. The highest BCUT2D eigenvalue weighted by Crippen LogP contribution is 2.20. The Morgan fingerprint density at radius 1 is 1.40 bits per heavy atom. The molecular formula is C17H22N2O. The highest BCUT2D eigenvalue weighted by atomic mass is 16.2. The van der Waals surface area contributed by atoms with Crippen molar-refractivity contribution in [1.82, 2.24) is 4.90 Å². The molecule has 0 spiro atoms. The molecule has 0 unspecified atom stereocenters. The van der Waals surface area contributed by atoms with E-state index in [1.54, 1.807) is 0 Å². The minimum atomic E-state index is 0.0990. The molecule has 3 heteroatoms. The molecular weight excluding hydrogens is 248 g/mol. The van der Waals surface area contributed by atoms with Gasteiger partial charge in [-0.05, 0) is 37.8 Å². The fourth-order valence-electron chi connectivity index (χ4n) is 2.47. The van der Waals surface area contributed by atoms with Crippen molar-refractivity contribution in [2.45, 2.75) is 26.7 Å². The van der Waals surface area contributed by atoms with E-state index >= 15 is 0 Å². The van der Waals surface area contributed by atoms with Gasteiger partial charge in [0, 0.05) is 18.7 Å². The Bertz CT molecular complexity index is 546. The second kappa shape index (κ2) is 6.58. The Hall–Kier alpha value is -1.79. The number of likely N-dealkylation sites (tertiary alicyclic amines) is 1. The summed E-state index contributed by atoms with van der Waals surface area (Å²) >= 11 is 0. The van der Waals surface area contributed by atoms with Crippen LogP contribution in [0, 0.1) is 24.7 Å². The number of hydrogen-bond acceptors (Lipinski definition) is 2. The van der Waals surface area contributed by atoms with E-state index in [9.17, 15) is 4.79 Å². The summed E-state index contributed by atoms with van der Waals surface area (Å²) in [7, 11) is 0. The predicted molar refractivity (Wildman–Crippen MR) is 81.4 cm³/mol. The van der Waals surface area contributed by atoms with Crippen LogP contribution in [0.3, 0.4) is 0 Å². The molecule has 2 N–H and O–H groups in total. The second-order valence-electron chi connectivity index (χ2n) is 5.53. The van der Waals surface area contributed by atoms with E-state index < -0.39 is 0 Å². The fraction of sp³-hybridized carbons (Fsp3) is 0.471. The first kappa shape index (κ1) is 14.6. The first-order valence-electron chi connectivity index (χ1n) is 7.20. The van der Waals surface area contributed by atoms with Crippen LogP contribution in [0.25, 0.3) is 0 Å². The number of benzene rings is 1. The Kier molecular flexibility index (Phi) is 4.81. The van der Waals surface area contributed by atoms with Crippen LogP contribution < -0.4 is 5.73 Å². The van der Waals surface area contributed by atoms with Crippen molar-refractivity contribution >= 4 is 5.91 Å². The SMILES string of the molecule is Cc1ccc(C#CCN)c(C(=O)N2CCC(C)CC2)c1. The number of hydrogen-bond donors (Lipinski definition) is 1. The van der Waals surface area contributed by atoms with Crippen molar-refractivity contribution in [2.75, 3.05) is 19.6 Å². The highest BCUT2D eigenvalue weighted by Gasteiger charge is 2.22. The van der Waals surface area contributed by atoms with Crippen LogP contribution in [0.15, 0.2) is 18.2 Å². The van der Waals surface area contributed by atoms with Crippen molar-refractivity contribution in [3.05, 3.63) is 34.9 Å². The van der Waals surface area contributed by atoms with Crippen LogP contribution in [0.4, 0.5) is 0 Å². The van der Waals surface area contributed by atoms with Crippen molar-refractivity contribution in [2.24, 2.45) is 11.7 Å². The lowest BCUT2D eigenvalue weighted by molar-refractivity contribution is 0.0697. The molecule has 1 aromatic rings. The van der Waals surface area contributed by atoms with E-state index in [2.05, 4.69) is 18.8 Å². The van der Waals surface area contributed by atoms with Crippen molar-refractivity contribution < 1.29 is 4.79 Å². The Morgan fingerprint density at radius 3 is 2.75 bits per heavy atom. The monoisotopic (exact) mass is 270 g/mol. The van der Waals surface area contributed by atoms with Gasteiger partial charge >= 0.3 is 0 Å². The lowest BCUT2D eigenvalue weighted by Gasteiger charge is -2.30. The van der Waals surface area contributed by atoms with Gasteiger partial charge in [-0.3, -0.25) is 4.79 Å². The summed E-state index contributed by atoms with van der Waals surface area (Å²) < 4.78 is 0. The minimum Gasteiger partial charge on any atom is -0.339 e. The fourth-order valence-corrected chi connectivity index (χ4v) is 2.47. The van der Waals surface area contributed by atoms with Crippen LogP contribution in [-0.2, 0) is 0 Å². The average molecular weight is 270 g/mol. The molecule has 106 valence electrons. The van der Waals surface area contributed by atoms with Gasteiger partial charge in [0.25, 0.3) is 5.91 Å². The quantitative estimate of drug-likeness (QED) is 0.795. The van der Waals surface area contributed by atoms with Crippen LogP contribution in [-0.4, -0.2) is 30.4 Å². The number of nitrogens with two attached hydrogens (primary N) is 1. The number of carbonyl (C=O) groups excluding carboxylic acids is 1. The van der Waals surface area contributed by atoms with Gasteiger partial charge in [-0.15, -0.1) is 0 Å². The number of carbonyl (C=O) groups is 1. The van der Waals surface area contributed by atoms with Crippen molar-refractivity contribution in [1.29, 1.82) is 0 Å². The normalized spacial score (nSPS) is 15.7. The topological polar surface area (TPSA) is 46.3 Å². The molecule has 2 rings (SSSR count). The van der Waals surface area contributed by atoms with E-state index in [1.807, 2.05) is 30.0 Å². The zero-order valence-electron chi connectivity index (χ0n) is 12.3. The van der Waals surface area contributed by atoms with Gasteiger partial charge in [0.15, 0.2) is 0 Å². The standard InChI is InChI=1S/C17H22N2O/c1-13-7-10-19(11-8-13)17(20)16-12-14(2)5-6-15(16)4-3-9-18/h5-6,12-13H,7-11,18H2,1-2H3. The summed E-state index contributed by atoms with van der Waals surface area (Å²) in [6, 6.07) is 5.83. The molecule has 0 atom stereocenters.